The van der Waals surface area contributed by atoms with Crippen LogP contribution in [0.15, 0.2) is 12.1 Å². The summed E-state index contributed by atoms with van der Waals surface area (Å²) in [6, 6.07) is 2.77. The average molecular weight is 337 g/mol. The first-order chi connectivity index (χ1) is 11.3. The summed E-state index contributed by atoms with van der Waals surface area (Å²) in [5.41, 5.74) is 3.19. The summed E-state index contributed by atoms with van der Waals surface area (Å²) in [6.07, 6.45) is 0. The molecule has 0 unspecified atom stereocenters. The Labute approximate surface area is 140 Å². The summed E-state index contributed by atoms with van der Waals surface area (Å²) in [5.74, 6) is -0.110. The summed E-state index contributed by atoms with van der Waals surface area (Å²) in [5, 5.41) is 13.1. The zero-order valence-electron chi connectivity index (χ0n) is 14.4. The third kappa shape index (κ3) is 3.92. The monoisotopic (exact) mass is 337 g/mol. The molecular formula is C15H23N5O4. The van der Waals surface area contributed by atoms with E-state index in [-0.39, 0.29) is 11.3 Å². The minimum atomic E-state index is -0.499. The van der Waals surface area contributed by atoms with Gasteiger partial charge in [-0.3, -0.25) is 20.3 Å². The number of ether oxygens (including phenoxy) is 1. The molecule has 0 aliphatic carbocycles. The van der Waals surface area contributed by atoms with Gasteiger partial charge in [-0.15, -0.1) is 0 Å². The number of methoxy groups -OCH3 is 1. The van der Waals surface area contributed by atoms with E-state index in [1.807, 2.05) is 12.1 Å². The van der Waals surface area contributed by atoms with Gasteiger partial charge >= 0.3 is 0 Å². The summed E-state index contributed by atoms with van der Waals surface area (Å²) < 4.78 is 5.26. The van der Waals surface area contributed by atoms with Gasteiger partial charge in [0, 0.05) is 52.4 Å². The number of piperazine rings is 1. The fraction of sp³-hybridized carbons (Fsp3) is 0.533. The largest absolute Gasteiger partial charge is 0.496 e. The van der Waals surface area contributed by atoms with Gasteiger partial charge in [0.05, 0.1) is 17.6 Å². The van der Waals surface area contributed by atoms with Gasteiger partial charge in [0.1, 0.15) is 11.4 Å². The van der Waals surface area contributed by atoms with Crippen molar-refractivity contribution in [3.63, 3.8) is 0 Å². The van der Waals surface area contributed by atoms with Gasteiger partial charge in [0.25, 0.3) is 11.6 Å². The molecular weight excluding hydrogens is 314 g/mol. The molecule has 1 aliphatic heterocycles. The highest BCUT2D eigenvalue weighted by molar-refractivity contribution is 5.98. The van der Waals surface area contributed by atoms with Crippen molar-refractivity contribution in [1.29, 1.82) is 0 Å². The number of hydrogen-bond acceptors (Lipinski definition) is 7. The minimum Gasteiger partial charge on any atom is -0.496 e. The number of benzene rings is 1. The maximum Gasteiger partial charge on any atom is 0.293 e. The number of nitro benzene ring substituents is 1. The first-order valence-corrected chi connectivity index (χ1v) is 7.61. The fourth-order valence-corrected chi connectivity index (χ4v) is 2.53. The van der Waals surface area contributed by atoms with Crippen LogP contribution in [-0.2, 0) is 0 Å². The molecule has 1 amide bonds. The van der Waals surface area contributed by atoms with Crippen LogP contribution >= 0.6 is 0 Å². The van der Waals surface area contributed by atoms with Gasteiger partial charge in [-0.1, -0.05) is 0 Å². The molecule has 0 saturated carbocycles. The van der Waals surface area contributed by atoms with Crippen molar-refractivity contribution in [1.82, 2.24) is 15.3 Å². The number of rotatable bonds is 5. The van der Waals surface area contributed by atoms with E-state index in [4.69, 9.17) is 4.74 Å². The van der Waals surface area contributed by atoms with E-state index in [9.17, 15) is 14.9 Å². The Bertz CT molecular complexity index is 627. The highest BCUT2D eigenvalue weighted by Crippen LogP contribution is 2.34. The molecule has 0 spiro atoms. The van der Waals surface area contributed by atoms with Gasteiger partial charge < -0.3 is 14.5 Å². The van der Waals surface area contributed by atoms with Crippen molar-refractivity contribution in [2.45, 2.75) is 0 Å². The second-order valence-electron chi connectivity index (χ2n) is 5.92. The van der Waals surface area contributed by atoms with Crippen LogP contribution in [-0.4, -0.2) is 75.2 Å². The summed E-state index contributed by atoms with van der Waals surface area (Å²) in [6.45, 7) is 3.08. The van der Waals surface area contributed by atoms with Crippen molar-refractivity contribution >= 4 is 17.3 Å². The second-order valence-corrected chi connectivity index (χ2v) is 5.92. The average Bonchev–Trinajstić information content (AvgIpc) is 2.55. The lowest BCUT2D eigenvalue weighted by Gasteiger charge is -2.32. The lowest BCUT2D eigenvalue weighted by Crippen LogP contribution is -2.52. The highest BCUT2D eigenvalue weighted by atomic mass is 16.6. The van der Waals surface area contributed by atoms with Crippen LogP contribution in [0.5, 0.6) is 5.75 Å². The van der Waals surface area contributed by atoms with Crippen LogP contribution in [0.4, 0.5) is 11.4 Å². The lowest BCUT2D eigenvalue weighted by atomic mass is 10.1. The van der Waals surface area contributed by atoms with Crippen LogP contribution in [0.2, 0.25) is 0 Å². The Kier molecular flexibility index (Phi) is 5.58. The fourth-order valence-electron chi connectivity index (χ4n) is 2.53. The number of nitro groups is 1. The number of likely N-dealkylation sites (N-methyl/N-ethyl adjacent to an activating group) is 1. The summed E-state index contributed by atoms with van der Waals surface area (Å²) in [4.78, 5) is 27.1. The van der Waals surface area contributed by atoms with Crippen LogP contribution in [0.3, 0.4) is 0 Å². The third-order valence-corrected chi connectivity index (χ3v) is 3.98. The van der Waals surface area contributed by atoms with Crippen molar-refractivity contribution in [3.05, 3.63) is 27.8 Å². The first kappa shape index (κ1) is 18.0. The third-order valence-electron chi connectivity index (χ3n) is 3.98. The predicted molar refractivity (Wildman–Crippen MR) is 90.5 cm³/mol. The van der Waals surface area contributed by atoms with Gasteiger partial charge in [-0.05, 0) is 7.05 Å². The Balaban J connectivity index is 2.29. The van der Waals surface area contributed by atoms with E-state index in [0.29, 0.717) is 24.5 Å². The Morgan fingerprint density at radius 3 is 2.42 bits per heavy atom. The normalized spacial score (nSPS) is 15.8. The van der Waals surface area contributed by atoms with Gasteiger partial charge in [-0.2, -0.15) is 0 Å². The van der Waals surface area contributed by atoms with Crippen LogP contribution in [0.1, 0.15) is 10.4 Å². The maximum atomic E-state index is 12.5. The number of nitrogens with zero attached hydrogens (tertiary/aromatic N) is 4. The topological polar surface area (TPSA) is 91.2 Å². The molecule has 0 atom stereocenters. The molecule has 1 aliphatic rings. The number of nitrogens with one attached hydrogen (secondary N) is 1. The summed E-state index contributed by atoms with van der Waals surface area (Å²) in [7, 11) is 6.86. The number of carbonyl (C=O) groups is 1. The predicted octanol–water partition coefficient (Wildman–Crippen LogP) is 0.562. The minimum absolute atomic E-state index is 0.135. The van der Waals surface area contributed by atoms with Gasteiger partial charge in [-0.25, -0.2) is 5.01 Å². The standard InChI is InChI=1S/C15H23N5O4/c1-17(2)12-10-14(24-4)11(9-13(12)20(22)23)15(21)16-19-7-5-18(3)6-8-19/h9-10H,5-8H2,1-4H3,(H,16,21). The molecule has 1 aromatic rings. The first-order valence-electron chi connectivity index (χ1n) is 7.61. The molecule has 1 N–H and O–H groups in total. The summed E-state index contributed by atoms with van der Waals surface area (Å²) >= 11 is 0. The Hall–Kier alpha value is -2.39. The molecule has 24 heavy (non-hydrogen) atoms. The molecule has 0 bridgehead atoms. The Morgan fingerprint density at radius 1 is 1.29 bits per heavy atom. The van der Waals surface area contributed by atoms with E-state index in [1.54, 1.807) is 19.0 Å². The molecule has 2 rings (SSSR count). The smallest absolute Gasteiger partial charge is 0.293 e. The van der Waals surface area contributed by atoms with E-state index in [0.717, 1.165) is 13.1 Å². The number of amides is 1. The lowest BCUT2D eigenvalue weighted by molar-refractivity contribution is -0.384. The molecule has 1 heterocycles. The number of carbonyl (C=O) groups excluding carboxylic acids is 1. The van der Waals surface area contributed by atoms with E-state index < -0.39 is 10.8 Å². The molecule has 132 valence electrons. The number of hydrazine groups is 1. The molecule has 9 nitrogen and oxygen atoms in total. The van der Waals surface area contributed by atoms with Crippen molar-refractivity contribution in [2.75, 3.05) is 59.3 Å². The van der Waals surface area contributed by atoms with Crippen LogP contribution < -0.4 is 15.1 Å². The van der Waals surface area contributed by atoms with E-state index >= 15 is 0 Å². The SMILES string of the molecule is COc1cc(N(C)C)c([N+](=O)[O-])cc1C(=O)NN1CCN(C)CC1. The maximum absolute atomic E-state index is 12.5. The molecule has 0 radical (unpaired) electrons. The van der Waals surface area contributed by atoms with E-state index in [1.165, 1.54) is 19.2 Å². The quantitative estimate of drug-likeness (QED) is 0.620. The molecule has 1 fully saturated rings. The Morgan fingerprint density at radius 2 is 1.92 bits per heavy atom. The zero-order valence-corrected chi connectivity index (χ0v) is 14.4. The molecule has 0 aromatic heterocycles. The van der Waals surface area contributed by atoms with Crippen LogP contribution in [0.25, 0.3) is 0 Å². The zero-order chi connectivity index (χ0) is 17.9. The molecule has 1 aromatic carbocycles. The van der Waals surface area contributed by atoms with Crippen molar-refractivity contribution in [2.24, 2.45) is 0 Å². The van der Waals surface area contributed by atoms with Crippen molar-refractivity contribution < 1.29 is 14.5 Å². The van der Waals surface area contributed by atoms with E-state index in [2.05, 4.69) is 10.3 Å². The molecule has 1 saturated heterocycles. The number of anilines is 1. The second kappa shape index (κ2) is 7.45. The van der Waals surface area contributed by atoms with Crippen molar-refractivity contribution in [3.8, 4) is 5.75 Å². The molecule has 9 heteroatoms. The van der Waals surface area contributed by atoms with Gasteiger partial charge in [0.2, 0.25) is 0 Å². The highest BCUT2D eigenvalue weighted by Gasteiger charge is 2.25. The number of hydrogen-bond donors (Lipinski definition) is 1. The van der Waals surface area contributed by atoms with Gasteiger partial charge in [0.15, 0.2) is 0 Å². The van der Waals surface area contributed by atoms with Crippen LogP contribution in [0, 0.1) is 10.1 Å².